The monoisotopic (exact) mass is 540 g/mol. The second kappa shape index (κ2) is 13.0. The number of aromatic nitrogens is 2. The van der Waals surface area contributed by atoms with Crippen molar-refractivity contribution in [3.8, 4) is 0 Å². The van der Waals surface area contributed by atoms with Crippen LogP contribution in [0.1, 0.15) is 13.3 Å². The first-order valence-electron chi connectivity index (χ1n) is 8.76. The van der Waals surface area contributed by atoms with Crippen LogP contribution in [0, 0.1) is 0 Å². The Morgan fingerprint density at radius 3 is 2.75 bits per heavy atom. The molecular formula is C17H26ClIN6O2S. The molecule has 0 saturated heterocycles. The summed E-state index contributed by atoms with van der Waals surface area (Å²) in [5, 5.41) is 10.8. The SMILES string of the molecule is CCNC(=NCCCn1cccn1)NCCNS(=O)(=O)c1cccc(Cl)c1.I. The van der Waals surface area contributed by atoms with Crippen molar-refractivity contribution in [1.29, 1.82) is 0 Å². The zero-order valence-corrected chi connectivity index (χ0v) is 19.5. The molecule has 0 aliphatic carbocycles. The quantitative estimate of drug-likeness (QED) is 0.185. The van der Waals surface area contributed by atoms with Crippen LogP contribution in [0.4, 0.5) is 0 Å². The van der Waals surface area contributed by atoms with Gasteiger partial charge in [0.1, 0.15) is 0 Å². The van der Waals surface area contributed by atoms with Crippen molar-refractivity contribution >= 4 is 51.6 Å². The molecule has 1 aromatic heterocycles. The van der Waals surface area contributed by atoms with Crippen LogP contribution in [-0.2, 0) is 16.6 Å². The van der Waals surface area contributed by atoms with E-state index in [1.807, 2.05) is 23.9 Å². The summed E-state index contributed by atoms with van der Waals surface area (Å²) in [6, 6.07) is 8.05. The van der Waals surface area contributed by atoms with E-state index < -0.39 is 10.0 Å². The summed E-state index contributed by atoms with van der Waals surface area (Å²) in [4.78, 5) is 4.62. The van der Waals surface area contributed by atoms with Crippen LogP contribution >= 0.6 is 35.6 Å². The molecular weight excluding hydrogens is 515 g/mol. The molecule has 0 amide bonds. The number of aryl methyl sites for hydroxylation is 1. The molecule has 0 bridgehead atoms. The van der Waals surface area contributed by atoms with E-state index >= 15 is 0 Å². The van der Waals surface area contributed by atoms with Gasteiger partial charge in [-0.15, -0.1) is 24.0 Å². The summed E-state index contributed by atoms with van der Waals surface area (Å²) < 4.78 is 28.9. The molecule has 2 aromatic rings. The lowest BCUT2D eigenvalue weighted by molar-refractivity contribution is 0.579. The molecule has 156 valence electrons. The third kappa shape index (κ3) is 8.76. The minimum absolute atomic E-state index is 0. The van der Waals surface area contributed by atoms with Crippen LogP contribution in [0.3, 0.4) is 0 Å². The van der Waals surface area contributed by atoms with Crippen molar-refractivity contribution in [3.63, 3.8) is 0 Å². The Morgan fingerprint density at radius 2 is 2.07 bits per heavy atom. The van der Waals surface area contributed by atoms with Crippen molar-refractivity contribution in [2.24, 2.45) is 4.99 Å². The zero-order chi connectivity index (χ0) is 19.5. The maximum absolute atomic E-state index is 12.2. The second-order valence-electron chi connectivity index (χ2n) is 5.67. The first kappa shape index (κ1) is 24.7. The largest absolute Gasteiger partial charge is 0.357 e. The molecule has 0 atom stereocenters. The van der Waals surface area contributed by atoms with E-state index in [1.54, 1.807) is 18.3 Å². The number of guanidine groups is 1. The molecule has 3 N–H and O–H groups in total. The lowest BCUT2D eigenvalue weighted by atomic mass is 10.4. The topological polar surface area (TPSA) is 100 Å². The Hall–Kier alpha value is -1.37. The average Bonchev–Trinajstić information content (AvgIpc) is 3.15. The number of aliphatic imine (C=N–C) groups is 1. The Labute approximate surface area is 188 Å². The summed E-state index contributed by atoms with van der Waals surface area (Å²) in [6.07, 6.45) is 4.53. The molecule has 0 aliphatic heterocycles. The smallest absolute Gasteiger partial charge is 0.240 e. The molecule has 1 aromatic carbocycles. The lowest BCUT2D eigenvalue weighted by Crippen LogP contribution is -2.41. The normalized spacial score (nSPS) is 11.7. The van der Waals surface area contributed by atoms with Gasteiger partial charge in [0.15, 0.2) is 5.96 Å². The molecule has 8 nitrogen and oxygen atoms in total. The van der Waals surface area contributed by atoms with Crippen LogP contribution in [0.15, 0.2) is 52.6 Å². The summed E-state index contributed by atoms with van der Waals surface area (Å²) in [5.41, 5.74) is 0. The molecule has 11 heteroatoms. The fourth-order valence-corrected chi connectivity index (χ4v) is 3.61. The van der Waals surface area contributed by atoms with Gasteiger partial charge in [0.05, 0.1) is 4.90 Å². The van der Waals surface area contributed by atoms with Crippen LogP contribution in [0.25, 0.3) is 0 Å². The summed E-state index contributed by atoms with van der Waals surface area (Å²) in [6.45, 7) is 4.78. The average molecular weight is 541 g/mol. The van der Waals surface area contributed by atoms with Crippen LogP contribution in [0.2, 0.25) is 5.02 Å². The van der Waals surface area contributed by atoms with Crippen molar-refractivity contribution in [2.45, 2.75) is 24.8 Å². The van der Waals surface area contributed by atoms with Crippen LogP contribution < -0.4 is 15.4 Å². The number of benzene rings is 1. The predicted molar refractivity (Wildman–Crippen MR) is 123 cm³/mol. The van der Waals surface area contributed by atoms with E-state index in [1.165, 1.54) is 12.1 Å². The summed E-state index contributed by atoms with van der Waals surface area (Å²) in [7, 11) is -3.58. The molecule has 1 heterocycles. The number of hydrogen-bond donors (Lipinski definition) is 3. The highest BCUT2D eigenvalue weighted by atomic mass is 127. The zero-order valence-electron chi connectivity index (χ0n) is 15.6. The van der Waals surface area contributed by atoms with Gasteiger partial charge in [-0.2, -0.15) is 5.10 Å². The van der Waals surface area contributed by atoms with Gasteiger partial charge in [-0.25, -0.2) is 13.1 Å². The maximum Gasteiger partial charge on any atom is 0.240 e. The van der Waals surface area contributed by atoms with Crippen LogP contribution in [0.5, 0.6) is 0 Å². The highest BCUT2D eigenvalue weighted by molar-refractivity contribution is 14.0. The molecule has 0 aliphatic rings. The van der Waals surface area contributed by atoms with E-state index in [-0.39, 0.29) is 35.4 Å². The number of sulfonamides is 1. The van der Waals surface area contributed by atoms with Crippen molar-refractivity contribution in [3.05, 3.63) is 47.7 Å². The van der Waals surface area contributed by atoms with Gasteiger partial charge in [0.25, 0.3) is 0 Å². The van der Waals surface area contributed by atoms with Gasteiger partial charge >= 0.3 is 0 Å². The molecule has 0 unspecified atom stereocenters. The Balaban J connectivity index is 0.00000392. The first-order valence-corrected chi connectivity index (χ1v) is 10.6. The Bertz CT molecular complexity index is 830. The lowest BCUT2D eigenvalue weighted by Gasteiger charge is -2.12. The standard InChI is InChI=1S/C17H25ClN6O2S.HI/c1-2-19-17(20-8-4-12-24-13-5-9-22-24)21-10-11-23-27(25,26)16-7-3-6-15(18)14-16;/h3,5-7,9,13-14,23H,2,4,8,10-12H2,1H3,(H2,19,20,21);1H. The van der Waals surface area contributed by atoms with Gasteiger partial charge in [0, 0.05) is 50.1 Å². The van der Waals surface area contributed by atoms with Crippen molar-refractivity contribution < 1.29 is 8.42 Å². The highest BCUT2D eigenvalue weighted by Crippen LogP contribution is 2.14. The number of halogens is 2. The predicted octanol–water partition coefficient (Wildman–Crippen LogP) is 2.08. The number of hydrogen-bond acceptors (Lipinski definition) is 4. The van der Waals surface area contributed by atoms with E-state index in [0.29, 0.717) is 24.1 Å². The van der Waals surface area contributed by atoms with Gasteiger partial charge in [-0.1, -0.05) is 17.7 Å². The summed E-state index contributed by atoms with van der Waals surface area (Å²) in [5.74, 6) is 0.653. The molecule has 2 rings (SSSR count). The third-order valence-electron chi connectivity index (χ3n) is 3.53. The minimum Gasteiger partial charge on any atom is -0.357 e. The van der Waals surface area contributed by atoms with E-state index in [2.05, 4.69) is 25.4 Å². The van der Waals surface area contributed by atoms with Gasteiger partial charge in [-0.05, 0) is 37.6 Å². The third-order valence-corrected chi connectivity index (χ3v) is 5.23. The highest BCUT2D eigenvalue weighted by Gasteiger charge is 2.13. The second-order valence-corrected chi connectivity index (χ2v) is 7.87. The fraction of sp³-hybridized carbons (Fsp3) is 0.412. The maximum atomic E-state index is 12.2. The molecule has 0 fully saturated rings. The van der Waals surface area contributed by atoms with E-state index in [0.717, 1.165) is 19.5 Å². The molecule has 0 spiro atoms. The van der Waals surface area contributed by atoms with Gasteiger partial charge in [0.2, 0.25) is 10.0 Å². The van der Waals surface area contributed by atoms with E-state index in [9.17, 15) is 8.42 Å². The number of nitrogens with one attached hydrogen (secondary N) is 3. The van der Waals surface area contributed by atoms with E-state index in [4.69, 9.17) is 11.6 Å². The number of rotatable bonds is 10. The Morgan fingerprint density at radius 1 is 1.25 bits per heavy atom. The molecule has 0 radical (unpaired) electrons. The van der Waals surface area contributed by atoms with Gasteiger partial charge in [-0.3, -0.25) is 9.67 Å². The fourth-order valence-electron chi connectivity index (χ4n) is 2.28. The Kier molecular flexibility index (Phi) is 11.4. The summed E-state index contributed by atoms with van der Waals surface area (Å²) >= 11 is 5.85. The minimum atomic E-state index is -3.58. The van der Waals surface area contributed by atoms with Crippen LogP contribution in [-0.4, -0.2) is 50.3 Å². The van der Waals surface area contributed by atoms with Crippen molar-refractivity contribution in [2.75, 3.05) is 26.2 Å². The number of nitrogens with zero attached hydrogens (tertiary/aromatic N) is 3. The molecule has 0 saturated carbocycles. The van der Waals surface area contributed by atoms with Gasteiger partial charge < -0.3 is 10.6 Å². The first-order chi connectivity index (χ1) is 13.0. The molecule has 28 heavy (non-hydrogen) atoms. The van der Waals surface area contributed by atoms with Crippen molar-refractivity contribution in [1.82, 2.24) is 25.1 Å².